The molecule has 88 valence electrons. The largest absolute Gasteiger partial charge is 0.463 e. The highest BCUT2D eigenvalue weighted by molar-refractivity contribution is 5.69. The monoisotopic (exact) mass is 214 g/mol. The van der Waals surface area contributed by atoms with Crippen LogP contribution in [0.3, 0.4) is 0 Å². The zero-order chi connectivity index (χ0) is 11.1. The average Bonchev–Trinajstić information content (AvgIpc) is 3.00. The molecule has 0 saturated carbocycles. The second-order valence-electron chi connectivity index (χ2n) is 4.11. The van der Waals surface area contributed by atoms with Crippen molar-refractivity contribution < 1.29 is 14.3 Å². The fourth-order valence-electron chi connectivity index (χ4n) is 1.63. The zero-order valence-corrected chi connectivity index (χ0v) is 9.83. The van der Waals surface area contributed by atoms with Gasteiger partial charge >= 0.3 is 5.97 Å². The van der Waals surface area contributed by atoms with E-state index in [4.69, 9.17) is 9.47 Å². The fourth-order valence-corrected chi connectivity index (χ4v) is 1.63. The predicted octanol–water partition coefficient (Wildman–Crippen LogP) is 2.68. The number of unbranched alkanes of at least 4 members (excludes halogenated alkanes) is 3. The lowest BCUT2D eigenvalue weighted by Crippen LogP contribution is -2.11. The molecule has 1 saturated heterocycles. The summed E-state index contributed by atoms with van der Waals surface area (Å²) in [7, 11) is 0. The molecule has 1 aliphatic heterocycles. The molecule has 3 nitrogen and oxygen atoms in total. The molecule has 0 N–H and O–H groups in total. The molecule has 1 aliphatic rings. The molecule has 15 heavy (non-hydrogen) atoms. The molecule has 0 aliphatic carbocycles. The first-order valence-electron chi connectivity index (χ1n) is 6.09. The van der Waals surface area contributed by atoms with Crippen LogP contribution in [0.2, 0.25) is 0 Å². The van der Waals surface area contributed by atoms with Crippen LogP contribution in [0.5, 0.6) is 0 Å². The molecule has 0 bridgehead atoms. The molecule has 2 unspecified atom stereocenters. The smallest absolute Gasteiger partial charge is 0.305 e. The highest BCUT2D eigenvalue weighted by Crippen LogP contribution is 2.25. The highest BCUT2D eigenvalue weighted by Gasteiger charge is 2.37. The molecule has 0 aromatic heterocycles. The standard InChI is InChI=1S/C12H22O3/c1-3-5-6-7-8-12(13)14-9-11-10(4-2)15-11/h10-11H,3-9H2,1-2H3. The van der Waals surface area contributed by atoms with Crippen LogP contribution in [-0.2, 0) is 14.3 Å². The Labute approximate surface area is 92.1 Å². The van der Waals surface area contributed by atoms with Gasteiger partial charge in [-0.05, 0) is 12.8 Å². The number of hydrogen-bond acceptors (Lipinski definition) is 3. The van der Waals surface area contributed by atoms with Gasteiger partial charge in [-0.1, -0.05) is 33.1 Å². The Morgan fingerprint density at radius 3 is 2.60 bits per heavy atom. The minimum absolute atomic E-state index is 0.0727. The number of epoxide rings is 1. The molecule has 1 heterocycles. The third-order valence-corrected chi connectivity index (χ3v) is 2.73. The molecule has 0 amide bonds. The van der Waals surface area contributed by atoms with Crippen molar-refractivity contribution in [2.24, 2.45) is 0 Å². The molecule has 1 fully saturated rings. The van der Waals surface area contributed by atoms with Gasteiger partial charge in [0.15, 0.2) is 0 Å². The van der Waals surface area contributed by atoms with E-state index in [1.165, 1.54) is 12.8 Å². The summed E-state index contributed by atoms with van der Waals surface area (Å²) >= 11 is 0. The fraction of sp³-hybridized carbons (Fsp3) is 0.917. The van der Waals surface area contributed by atoms with Crippen molar-refractivity contribution >= 4 is 5.97 Å². The van der Waals surface area contributed by atoms with Gasteiger partial charge in [0, 0.05) is 6.42 Å². The summed E-state index contributed by atoms with van der Waals surface area (Å²) in [5.74, 6) is -0.0727. The molecule has 0 radical (unpaired) electrons. The maximum Gasteiger partial charge on any atom is 0.305 e. The zero-order valence-electron chi connectivity index (χ0n) is 9.83. The normalized spacial score (nSPS) is 23.9. The van der Waals surface area contributed by atoms with E-state index in [-0.39, 0.29) is 12.1 Å². The van der Waals surface area contributed by atoms with Crippen LogP contribution in [0, 0.1) is 0 Å². The van der Waals surface area contributed by atoms with Crippen molar-refractivity contribution in [1.29, 1.82) is 0 Å². The van der Waals surface area contributed by atoms with E-state index in [0.29, 0.717) is 19.1 Å². The van der Waals surface area contributed by atoms with E-state index in [1.807, 2.05) is 0 Å². The lowest BCUT2D eigenvalue weighted by Gasteiger charge is -2.02. The summed E-state index contributed by atoms with van der Waals surface area (Å²) in [6, 6.07) is 0. The summed E-state index contributed by atoms with van der Waals surface area (Å²) in [6.45, 7) is 4.69. The van der Waals surface area contributed by atoms with Gasteiger partial charge in [-0.15, -0.1) is 0 Å². The summed E-state index contributed by atoms with van der Waals surface area (Å²) in [5, 5.41) is 0. The third kappa shape index (κ3) is 5.17. The van der Waals surface area contributed by atoms with E-state index >= 15 is 0 Å². The number of rotatable bonds is 8. The lowest BCUT2D eigenvalue weighted by molar-refractivity contribution is -0.144. The molecule has 0 spiro atoms. The van der Waals surface area contributed by atoms with Gasteiger partial charge in [-0.25, -0.2) is 0 Å². The van der Waals surface area contributed by atoms with Gasteiger partial charge in [0.2, 0.25) is 0 Å². The second-order valence-corrected chi connectivity index (χ2v) is 4.11. The molecular formula is C12H22O3. The summed E-state index contributed by atoms with van der Waals surface area (Å²) < 4.78 is 10.4. The van der Waals surface area contributed by atoms with Crippen LogP contribution in [-0.4, -0.2) is 24.8 Å². The van der Waals surface area contributed by atoms with Crippen LogP contribution in [0.25, 0.3) is 0 Å². The van der Waals surface area contributed by atoms with E-state index in [9.17, 15) is 4.79 Å². The molecule has 3 heteroatoms. The van der Waals surface area contributed by atoms with Crippen molar-refractivity contribution in [1.82, 2.24) is 0 Å². The lowest BCUT2D eigenvalue weighted by atomic mass is 10.1. The average molecular weight is 214 g/mol. The molecule has 0 aromatic carbocycles. The third-order valence-electron chi connectivity index (χ3n) is 2.73. The van der Waals surface area contributed by atoms with Gasteiger partial charge in [0.1, 0.15) is 12.7 Å². The summed E-state index contributed by atoms with van der Waals surface area (Å²) in [5.41, 5.74) is 0. The minimum Gasteiger partial charge on any atom is -0.463 e. The maximum atomic E-state index is 11.3. The molecule has 1 rings (SSSR count). The number of carbonyl (C=O) groups excluding carboxylic acids is 1. The van der Waals surface area contributed by atoms with Gasteiger partial charge in [-0.2, -0.15) is 0 Å². The SMILES string of the molecule is CCCCCCC(=O)OCC1OC1CC. The Balaban J connectivity index is 1.90. The highest BCUT2D eigenvalue weighted by atomic mass is 16.6. The molecule has 0 aromatic rings. The van der Waals surface area contributed by atoms with Crippen molar-refractivity contribution in [2.45, 2.75) is 64.6 Å². The minimum atomic E-state index is -0.0727. The first-order valence-corrected chi connectivity index (χ1v) is 6.09. The first-order chi connectivity index (χ1) is 7.27. The Bertz CT molecular complexity index is 191. The van der Waals surface area contributed by atoms with Gasteiger partial charge < -0.3 is 9.47 Å². The predicted molar refractivity (Wildman–Crippen MR) is 58.7 cm³/mol. The van der Waals surface area contributed by atoms with Crippen LogP contribution in [0.15, 0.2) is 0 Å². The maximum absolute atomic E-state index is 11.3. The van der Waals surface area contributed by atoms with E-state index in [2.05, 4.69) is 13.8 Å². The van der Waals surface area contributed by atoms with E-state index in [0.717, 1.165) is 19.3 Å². The van der Waals surface area contributed by atoms with E-state index in [1.54, 1.807) is 0 Å². The van der Waals surface area contributed by atoms with Crippen molar-refractivity contribution in [2.75, 3.05) is 6.61 Å². The van der Waals surface area contributed by atoms with Crippen LogP contribution >= 0.6 is 0 Å². The number of hydrogen-bond donors (Lipinski definition) is 0. The molecule has 2 atom stereocenters. The summed E-state index contributed by atoms with van der Waals surface area (Å²) in [6.07, 6.45) is 6.56. The summed E-state index contributed by atoms with van der Waals surface area (Å²) in [4.78, 5) is 11.3. The Morgan fingerprint density at radius 1 is 1.20 bits per heavy atom. The second kappa shape index (κ2) is 6.83. The van der Waals surface area contributed by atoms with Crippen LogP contribution in [0.1, 0.15) is 52.4 Å². The Morgan fingerprint density at radius 2 is 2.00 bits per heavy atom. The van der Waals surface area contributed by atoms with Crippen LogP contribution < -0.4 is 0 Å². The van der Waals surface area contributed by atoms with Gasteiger partial charge in [0.05, 0.1) is 6.10 Å². The number of esters is 1. The Kier molecular flexibility index (Phi) is 5.69. The Hall–Kier alpha value is -0.570. The quantitative estimate of drug-likeness (QED) is 0.354. The van der Waals surface area contributed by atoms with Crippen molar-refractivity contribution in [3.05, 3.63) is 0 Å². The van der Waals surface area contributed by atoms with Gasteiger partial charge in [0.25, 0.3) is 0 Å². The molecular weight excluding hydrogens is 192 g/mol. The van der Waals surface area contributed by atoms with Crippen molar-refractivity contribution in [3.63, 3.8) is 0 Å². The number of ether oxygens (including phenoxy) is 2. The topological polar surface area (TPSA) is 38.8 Å². The number of carbonyl (C=O) groups is 1. The first kappa shape index (κ1) is 12.5. The van der Waals surface area contributed by atoms with Gasteiger partial charge in [-0.3, -0.25) is 4.79 Å². The van der Waals surface area contributed by atoms with E-state index < -0.39 is 0 Å². The van der Waals surface area contributed by atoms with Crippen LogP contribution in [0.4, 0.5) is 0 Å². The van der Waals surface area contributed by atoms with Crippen molar-refractivity contribution in [3.8, 4) is 0 Å².